The molecule has 0 N–H and O–H groups in total. The number of hydrogen-bond donors (Lipinski definition) is 0. The number of ketones is 4. The van der Waals surface area contributed by atoms with E-state index in [4.69, 9.17) is 23.2 Å². The first kappa shape index (κ1) is 45.4. The highest BCUT2D eigenvalue weighted by molar-refractivity contribution is 7.94. The van der Waals surface area contributed by atoms with E-state index < -0.39 is 0 Å². The van der Waals surface area contributed by atoms with Crippen molar-refractivity contribution in [3.63, 3.8) is 0 Å². The van der Waals surface area contributed by atoms with Crippen LogP contribution in [0.2, 0.25) is 0 Å². The first-order chi connectivity index (χ1) is 12.1. The molecule has 0 aliphatic heterocycles. The maximum atomic E-state index is 10.1. The van der Waals surface area contributed by atoms with Gasteiger partial charge in [0.2, 0.25) is 0 Å². The smallest absolute Gasteiger partial charge is 0.132 e. The first-order valence-electron chi connectivity index (χ1n) is 7.11. The standard InChI is InChI=1S/C5H10O.3C3H6O.CH2Cl2.2CS2/c1-4(2)5(3)6;3*1-3(2)4;3*2-1-3/h4H,1-3H3;3*1-2H3;1H2;;. The second-order valence-corrected chi connectivity index (χ2v) is 6.90. The van der Waals surface area contributed by atoms with E-state index in [-0.39, 0.29) is 34.4 Å². The lowest BCUT2D eigenvalue weighted by Crippen LogP contribution is -1.98. The Morgan fingerprint density at radius 1 is 0.667 bits per heavy atom. The molecule has 0 radical (unpaired) electrons. The van der Waals surface area contributed by atoms with Crippen LogP contribution < -0.4 is 0 Å². The van der Waals surface area contributed by atoms with Crippen LogP contribution in [0, 0.1) is 5.92 Å². The number of Topliss-reactive ketones (excluding diaryl/α,β-unsaturated/α-hetero) is 4. The summed E-state index contributed by atoms with van der Waals surface area (Å²) in [5.41, 5.74) is 0. The van der Waals surface area contributed by atoms with Crippen LogP contribution in [0.1, 0.15) is 62.3 Å². The summed E-state index contributed by atoms with van der Waals surface area (Å²) >= 11 is 25.4. The Bertz CT molecular complexity index is 376. The number of hydrogen-bond acceptors (Lipinski definition) is 8. The fourth-order valence-corrected chi connectivity index (χ4v) is 0. The Morgan fingerprint density at radius 3 is 0.704 bits per heavy atom. The number of halogens is 2. The fraction of sp³-hybridized carbons (Fsp3) is 0.647. The maximum absolute atomic E-state index is 10.1. The summed E-state index contributed by atoms with van der Waals surface area (Å²) in [6.45, 7) is 14.6. The first-order valence-corrected chi connectivity index (χ1v) is 9.81. The summed E-state index contributed by atoms with van der Waals surface area (Å²) in [7, 11) is 0. The molecular formula is C17H30Cl2O4S4. The second kappa shape index (κ2) is 50.0. The van der Waals surface area contributed by atoms with Gasteiger partial charge in [0.1, 0.15) is 23.1 Å². The van der Waals surface area contributed by atoms with Crippen LogP contribution in [0.3, 0.4) is 0 Å². The Hall–Kier alpha value is -0.300. The van der Waals surface area contributed by atoms with E-state index >= 15 is 0 Å². The van der Waals surface area contributed by atoms with E-state index in [0.717, 1.165) is 0 Å². The van der Waals surface area contributed by atoms with Crippen LogP contribution in [0.4, 0.5) is 0 Å². The summed E-state index contributed by atoms with van der Waals surface area (Å²) in [5.74, 6) is 0.972. The number of alkyl halides is 2. The van der Waals surface area contributed by atoms with Crippen molar-refractivity contribution in [1.82, 2.24) is 0 Å². The van der Waals surface area contributed by atoms with Crippen LogP contribution in [-0.4, -0.2) is 37.1 Å². The van der Waals surface area contributed by atoms with Gasteiger partial charge in [-0.1, -0.05) is 13.8 Å². The van der Waals surface area contributed by atoms with Crippen molar-refractivity contribution >= 4 is 104 Å². The molecular weight excluding hydrogens is 467 g/mol. The van der Waals surface area contributed by atoms with Gasteiger partial charge in [-0.25, -0.2) is 0 Å². The van der Waals surface area contributed by atoms with E-state index in [1.807, 2.05) is 22.5 Å². The predicted molar refractivity (Wildman–Crippen MR) is 132 cm³/mol. The Labute approximate surface area is 195 Å². The highest BCUT2D eigenvalue weighted by Crippen LogP contribution is 1.89. The molecule has 0 atom stereocenters. The molecule has 0 spiro atoms. The monoisotopic (exact) mass is 496 g/mol. The zero-order valence-corrected chi connectivity index (χ0v) is 22.1. The molecule has 4 nitrogen and oxygen atoms in total. The van der Waals surface area contributed by atoms with Gasteiger partial charge in [-0.15, -0.1) is 23.2 Å². The zero-order chi connectivity index (χ0) is 24.0. The third-order valence-electron chi connectivity index (χ3n) is 0.813. The molecule has 160 valence electrons. The highest BCUT2D eigenvalue weighted by Gasteiger charge is 1.95. The highest BCUT2D eigenvalue weighted by atomic mass is 35.5. The molecule has 0 saturated heterocycles. The molecule has 0 aromatic heterocycles. The molecule has 0 bridgehead atoms. The maximum Gasteiger partial charge on any atom is 0.132 e. The third-order valence-corrected chi connectivity index (χ3v) is 0.813. The summed E-state index contributed by atoms with van der Waals surface area (Å²) in [5, 5.41) is 0.194. The van der Waals surface area contributed by atoms with Gasteiger partial charge in [0.25, 0.3) is 0 Å². The molecule has 0 amide bonds. The molecule has 27 heavy (non-hydrogen) atoms. The quantitative estimate of drug-likeness (QED) is 0.301. The topological polar surface area (TPSA) is 68.3 Å². The van der Waals surface area contributed by atoms with Crippen molar-refractivity contribution in [2.45, 2.75) is 62.3 Å². The van der Waals surface area contributed by atoms with E-state index in [9.17, 15) is 19.2 Å². The van der Waals surface area contributed by atoms with Crippen LogP contribution in [0.15, 0.2) is 0 Å². The van der Waals surface area contributed by atoms with Crippen LogP contribution in [-0.2, 0) is 19.2 Å². The van der Waals surface area contributed by atoms with Crippen molar-refractivity contribution in [3.05, 3.63) is 0 Å². The molecule has 0 saturated carbocycles. The van der Waals surface area contributed by atoms with Crippen LogP contribution in [0.5, 0.6) is 0 Å². The number of carbonyl (C=O) groups is 4. The fourth-order valence-electron chi connectivity index (χ4n) is 0. The van der Waals surface area contributed by atoms with Gasteiger partial charge in [0, 0.05) is 14.5 Å². The van der Waals surface area contributed by atoms with Crippen molar-refractivity contribution in [1.29, 1.82) is 0 Å². The summed E-state index contributed by atoms with van der Waals surface area (Å²) in [4.78, 5) is 38.5. The lowest BCUT2D eigenvalue weighted by atomic mass is 10.1. The average molecular weight is 498 g/mol. The SMILES string of the molecule is CC(=O)C(C)C.CC(C)=O.CC(C)=O.CC(C)=O.ClCCl.S=C=S.S=C=S. The summed E-state index contributed by atoms with van der Waals surface area (Å²) in [6.07, 6.45) is 0. The average Bonchev–Trinajstić information content (AvgIpc) is 2.38. The van der Waals surface area contributed by atoms with Gasteiger partial charge in [-0.3, -0.25) is 4.79 Å². The van der Waals surface area contributed by atoms with E-state index in [1.54, 1.807) is 6.92 Å². The molecule has 0 aromatic rings. The normalized spacial score (nSPS) is 6.22. The van der Waals surface area contributed by atoms with Crippen molar-refractivity contribution in [2.24, 2.45) is 5.92 Å². The molecule has 0 rings (SSSR count). The number of thiocarbonyl (C=S) groups is 4. The van der Waals surface area contributed by atoms with Crippen molar-refractivity contribution in [2.75, 3.05) is 5.34 Å². The number of rotatable bonds is 1. The minimum atomic E-state index is 0.167. The Kier molecular flexibility index (Phi) is 84.2. The second-order valence-electron chi connectivity index (χ2n) is 4.76. The summed E-state index contributed by atoms with van der Waals surface area (Å²) < 4.78 is 3.83. The van der Waals surface area contributed by atoms with Gasteiger partial charge in [0.05, 0.1) is 5.34 Å². The van der Waals surface area contributed by atoms with E-state index in [1.165, 1.54) is 41.5 Å². The van der Waals surface area contributed by atoms with Gasteiger partial charge >= 0.3 is 0 Å². The lowest BCUT2D eigenvalue weighted by molar-refractivity contribution is -0.120. The van der Waals surface area contributed by atoms with Gasteiger partial charge < -0.3 is 14.4 Å². The third kappa shape index (κ3) is 1050. The molecule has 0 aliphatic rings. The number of carbonyl (C=O) groups excluding carboxylic acids is 4. The van der Waals surface area contributed by atoms with Crippen molar-refractivity contribution < 1.29 is 19.2 Å². The largest absolute Gasteiger partial charge is 0.300 e. The minimum absolute atomic E-state index is 0.167. The zero-order valence-electron chi connectivity index (χ0n) is 17.3. The summed E-state index contributed by atoms with van der Waals surface area (Å²) in [6, 6.07) is 0. The van der Waals surface area contributed by atoms with E-state index in [0.29, 0.717) is 0 Å². The van der Waals surface area contributed by atoms with Crippen molar-refractivity contribution in [3.8, 4) is 0 Å². The predicted octanol–water partition coefficient (Wildman–Crippen LogP) is 6.48. The Balaban J connectivity index is -0.0000000352. The van der Waals surface area contributed by atoms with Gasteiger partial charge in [-0.2, -0.15) is 0 Å². The minimum Gasteiger partial charge on any atom is -0.300 e. The molecule has 10 heteroatoms. The van der Waals surface area contributed by atoms with Crippen LogP contribution >= 0.6 is 72.1 Å². The molecule has 0 aliphatic carbocycles. The molecule has 0 fully saturated rings. The van der Waals surface area contributed by atoms with Gasteiger partial charge in [0.15, 0.2) is 0 Å². The lowest BCUT2D eigenvalue weighted by Gasteiger charge is -1.90. The molecule has 0 aromatic carbocycles. The molecule has 0 heterocycles. The molecule has 0 unspecified atom stereocenters. The Morgan fingerprint density at radius 2 is 0.704 bits per heavy atom. The van der Waals surface area contributed by atoms with Gasteiger partial charge in [-0.05, 0) is 97.3 Å². The van der Waals surface area contributed by atoms with E-state index in [2.05, 4.69) is 48.9 Å². The van der Waals surface area contributed by atoms with Crippen LogP contribution in [0.25, 0.3) is 0 Å².